The molecule has 5 nitrogen and oxygen atoms in total. The zero-order chi connectivity index (χ0) is 19.3. The number of carbonyl (C=O) groups is 1. The molecule has 0 N–H and O–H groups in total. The highest BCUT2D eigenvalue weighted by Crippen LogP contribution is 2.28. The van der Waals surface area contributed by atoms with E-state index in [1.165, 1.54) is 19.1 Å². The molecule has 0 bridgehead atoms. The summed E-state index contributed by atoms with van der Waals surface area (Å²) in [6, 6.07) is 5.00. The minimum Gasteiger partial charge on any atom is -0.497 e. The van der Waals surface area contributed by atoms with Crippen LogP contribution in [0.1, 0.15) is 23.7 Å². The highest BCUT2D eigenvalue weighted by Gasteiger charge is 2.34. The van der Waals surface area contributed by atoms with Crippen LogP contribution in [0, 0.1) is 5.92 Å². The number of halogens is 3. The van der Waals surface area contributed by atoms with Crippen molar-refractivity contribution >= 4 is 5.91 Å². The van der Waals surface area contributed by atoms with Crippen molar-refractivity contribution < 1.29 is 27.4 Å². The zero-order valence-corrected chi connectivity index (χ0v) is 15.3. The molecule has 1 amide bonds. The number of ether oxygens (including phenoxy) is 2. The van der Waals surface area contributed by atoms with E-state index in [1.54, 1.807) is 30.0 Å². The molecule has 1 aromatic carbocycles. The van der Waals surface area contributed by atoms with E-state index in [9.17, 15) is 18.0 Å². The summed E-state index contributed by atoms with van der Waals surface area (Å²) in [5, 5.41) is 0. The van der Waals surface area contributed by atoms with E-state index in [4.69, 9.17) is 9.47 Å². The predicted molar refractivity (Wildman–Crippen MR) is 91.7 cm³/mol. The van der Waals surface area contributed by atoms with Crippen molar-refractivity contribution in [2.75, 3.05) is 46.9 Å². The Labute approximate surface area is 151 Å². The molecular formula is C18H25F3N2O3. The van der Waals surface area contributed by atoms with Gasteiger partial charge in [-0.2, -0.15) is 13.2 Å². The topological polar surface area (TPSA) is 42.0 Å². The third-order valence-electron chi connectivity index (χ3n) is 4.58. The molecule has 0 spiro atoms. The van der Waals surface area contributed by atoms with Gasteiger partial charge in [0.2, 0.25) is 0 Å². The predicted octanol–water partition coefficient (Wildman–Crippen LogP) is 3.05. The first kappa shape index (κ1) is 20.4. The Morgan fingerprint density at radius 2 is 2.04 bits per heavy atom. The van der Waals surface area contributed by atoms with Crippen LogP contribution in [0.25, 0.3) is 0 Å². The number of amides is 1. The molecule has 146 valence electrons. The van der Waals surface area contributed by atoms with Gasteiger partial charge in [0, 0.05) is 19.6 Å². The maximum Gasteiger partial charge on any atom is 0.401 e. The van der Waals surface area contributed by atoms with Gasteiger partial charge in [0.25, 0.3) is 5.91 Å². The Morgan fingerprint density at radius 1 is 1.31 bits per heavy atom. The fourth-order valence-corrected chi connectivity index (χ4v) is 3.24. The van der Waals surface area contributed by atoms with Gasteiger partial charge in [-0.15, -0.1) is 0 Å². The van der Waals surface area contributed by atoms with E-state index < -0.39 is 12.7 Å². The standard InChI is InChI=1S/C18H25F3N2O3/c1-4-22(12-18(19,20)21)10-13-7-8-23(11-13)17(24)15-9-14(25-2)5-6-16(15)26-3/h5-6,9,13H,4,7-8,10-12H2,1-3H3/t13-/m1/s1. The fourth-order valence-electron chi connectivity index (χ4n) is 3.24. The molecule has 1 aliphatic heterocycles. The monoisotopic (exact) mass is 374 g/mol. The van der Waals surface area contributed by atoms with Crippen molar-refractivity contribution in [2.24, 2.45) is 5.92 Å². The minimum absolute atomic E-state index is 0.0258. The van der Waals surface area contributed by atoms with Crippen molar-refractivity contribution in [3.05, 3.63) is 23.8 Å². The molecule has 8 heteroatoms. The highest BCUT2D eigenvalue weighted by molar-refractivity contribution is 5.97. The average molecular weight is 374 g/mol. The first-order valence-corrected chi connectivity index (χ1v) is 8.57. The number of benzene rings is 1. The second-order valence-corrected chi connectivity index (χ2v) is 6.41. The number of nitrogens with zero attached hydrogens (tertiary/aromatic N) is 2. The van der Waals surface area contributed by atoms with Crippen LogP contribution in [0.3, 0.4) is 0 Å². The van der Waals surface area contributed by atoms with Crippen molar-refractivity contribution in [3.8, 4) is 11.5 Å². The van der Waals surface area contributed by atoms with Crippen LogP contribution >= 0.6 is 0 Å². The Balaban J connectivity index is 2.03. The maximum atomic E-state index is 12.8. The molecule has 0 radical (unpaired) electrons. The third kappa shape index (κ3) is 5.27. The average Bonchev–Trinajstić information content (AvgIpc) is 3.07. The Bertz CT molecular complexity index is 622. The lowest BCUT2D eigenvalue weighted by Crippen LogP contribution is -2.38. The first-order valence-electron chi connectivity index (χ1n) is 8.57. The van der Waals surface area contributed by atoms with E-state index in [0.717, 1.165) is 0 Å². The molecule has 1 fully saturated rings. The number of methoxy groups -OCH3 is 2. The van der Waals surface area contributed by atoms with Gasteiger partial charge in [-0.25, -0.2) is 0 Å². The molecule has 1 aromatic rings. The highest BCUT2D eigenvalue weighted by atomic mass is 19.4. The van der Waals surface area contributed by atoms with Gasteiger partial charge < -0.3 is 14.4 Å². The van der Waals surface area contributed by atoms with E-state index in [0.29, 0.717) is 49.7 Å². The Hall–Kier alpha value is -1.96. The number of hydrogen-bond acceptors (Lipinski definition) is 4. The molecule has 1 atom stereocenters. The summed E-state index contributed by atoms with van der Waals surface area (Å²) in [6.45, 7) is 2.41. The molecular weight excluding hydrogens is 349 g/mol. The molecule has 0 aromatic heterocycles. The van der Waals surface area contributed by atoms with Crippen LogP contribution in [0.5, 0.6) is 11.5 Å². The van der Waals surface area contributed by atoms with Crippen molar-refractivity contribution in [3.63, 3.8) is 0 Å². The van der Waals surface area contributed by atoms with Crippen molar-refractivity contribution in [2.45, 2.75) is 19.5 Å². The molecule has 26 heavy (non-hydrogen) atoms. The van der Waals surface area contributed by atoms with Gasteiger partial charge in [0.1, 0.15) is 11.5 Å². The quantitative estimate of drug-likeness (QED) is 0.736. The maximum absolute atomic E-state index is 12.8. The van der Waals surface area contributed by atoms with Crippen LogP contribution in [0.4, 0.5) is 13.2 Å². The van der Waals surface area contributed by atoms with Gasteiger partial charge in [0.15, 0.2) is 0 Å². The summed E-state index contributed by atoms with van der Waals surface area (Å²) >= 11 is 0. The Morgan fingerprint density at radius 3 is 2.62 bits per heavy atom. The van der Waals surface area contributed by atoms with Crippen LogP contribution in [0.2, 0.25) is 0 Å². The second kappa shape index (κ2) is 8.62. The number of carbonyl (C=O) groups excluding carboxylic acids is 1. The van der Waals surface area contributed by atoms with Crippen LogP contribution in [0.15, 0.2) is 18.2 Å². The molecule has 0 unspecified atom stereocenters. The zero-order valence-electron chi connectivity index (χ0n) is 15.3. The molecule has 0 aliphatic carbocycles. The van der Waals surface area contributed by atoms with E-state index >= 15 is 0 Å². The summed E-state index contributed by atoms with van der Waals surface area (Å²) in [6.07, 6.45) is -3.52. The van der Waals surface area contributed by atoms with E-state index in [-0.39, 0.29) is 11.8 Å². The Kier molecular flexibility index (Phi) is 6.75. The first-order chi connectivity index (χ1) is 12.3. The lowest BCUT2D eigenvalue weighted by atomic mass is 10.1. The summed E-state index contributed by atoms with van der Waals surface area (Å²) in [4.78, 5) is 15.9. The summed E-state index contributed by atoms with van der Waals surface area (Å²) in [5.74, 6) is 0.832. The smallest absolute Gasteiger partial charge is 0.401 e. The van der Waals surface area contributed by atoms with Gasteiger partial charge in [-0.3, -0.25) is 9.69 Å². The van der Waals surface area contributed by atoms with Crippen molar-refractivity contribution in [1.82, 2.24) is 9.80 Å². The van der Waals surface area contributed by atoms with Gasteiger partial charge in [-0.05, 0) is 37.1 Å². The third-order valence-corrected chi connectivity index (χ3v) is 4.58. The molecule has 1 heterocycles. The number of alkyl halides is 3. The van der Waals surface area contributed by atoms with E-state index in [2.05, 4.69) is 0 Å². The van der Waals surface area contributed by atoms with Crippen LogP contribution in [-0.2, 0) is 0 Å². The van der Waals surface area contributed by atoms with Gasteiger partial charge in [-0.1, -0.05) is 6.92 Å². The van der Waals surface area contributed by atoms with Crippen LogP contribution < -0.4 is 9.47 Å². The summed E-state index contributed by atoms with van der Waals surface area (Å²) in [7, 11) is 3.00. The normalized spacial score (nSPS) is 17.7. The van der Waals surface area contributed by atoms with Crippen LogP contribution in [-0.4, -0.2) is 68.8 Å². The molecule has 2 rings (SSSR count). The van der Waals surface area contributed by atoms with Gasteiger partial charge >= 0.3 is 6.18 Å². The van der Waals surface area contributed by atoms with Gasteiger partial charge in [0.05, 0.1) is 26.3 Å². The minimum atomic E-state index is -4.21. The number of likely N-dealkylation sites (tertiary alicyclic amines) is 1. The lowest BCUT2D eigenvalue weighted by Gasteiger charge is -2.25. The SMILES string of the molecule is CCN(C[C@H]1CCN(C(=O)c2cc(OC)ccc2OC)C1)CC(F)(F)F. The molecule has 1 saturated heterocycles. The molecule has 1 aliphatic rings. The molecule has 0 saturated carbocycles. The van der Waals surface area contributed by atoms with Crippen molar-refractivity contribution in [1.29, 1.82) is 0 Å². The number of hydrogen-bond donors (Lipinski definition) is 0. The fraction of sp³-hybridized carbons (Fsp3) is 0.611. The number of rotatable bonds is 7. The lowest BCUT2D eigenvalue weighted by molar-refractivity contribution is -0.146. The summed E-state index contributed by atoms with van der Waals surface area (Å²) < 4.78 is 48.3. The largest absolute Gasteiger partial charge is 0.497 e. The van der Waals surface area contributed by atoms with E-state index in [1.807, 2.05) is 0 Å². The summed E-state index contributed by atoms with van der Waals surface area (Å²) in [5.41, 5.74) is 0.398. The second-order valence-electron chi connectivity index (χ2n) is 6.41.